The Kier molecular flexibility index (Phi) is 12.1. The third-order valence-corrected chi connectivity index (χ3v) is 21.3. The number of piperidine rings is 1. The van der Waals surface area contributed by atoms with Gasteiger partial charge in [0.1, 0.15) is 0 Å². The number of hydrogen-bond donors (Lipinski definition) is 3. The zero-order valence-corrected chi connectivity index (χ0v) is 36.3. The summed E-state index contributed by atoms with van der Waals surface area (Å²) in [6.07, 6.45) is 47.8. The summed E-state index contributed by atoms with van der Waals surface area (Å²) in [7, 11) is 0. The highest BCUT2D eigenvalue weighted by molar-refractivity contribution is 5.08. The molecular formula is C52H89N3. The van der Waals surface area contributed by atoms with Crippen molar-refractivity contribution in [2.75, 3.05) is 0 Å². The van der Waals surface area contributed by atoms with Crippen LogP contribution >= 0.6 is 0 Å². The molecule has 2 aliphatic heterocycles. The molecule has 5 unspecified atom stereocenters. The average Bonchev–Trinajstić information content (AvgIpc) is 3.48. The molecule has 10 aliphatic rings. The molecule has 0 aromatic carbocycles. The molecule has 0 bridgehead atoms. The molecule has 8 aliphatic carbocycles. The highest BCUT2D eigenvalue weighted by Crippen LogP contribution is 2.66. The maximum Gasteiger partial charge on any atom is 0.0734 e. The zero-order chi connectivity index (χ0) is 36.9. The SMILES string of the molecule is CC1(C)C2CC(C3CCC(C4CCC([C@H]5CC(C6CCCCC6)N[C@@H](C6CC[C@H]7CCCCC7N6)N5)CC4)CC3)CC[C@H]2[C@H]2CC[C@@H](C3CCCCC3)C[C@H]21. The lowest BCUT2D eigenvalue weighted by atomic mass is 9.60. The summed E-state index contributed by atoms with van der Waals surface area (Å²) in [6, 6.07) is 2.93. The monoisotopic (exact) mass is 756 g/mol. The molecule has 0 radical (unpaired) electrons. The zero-order valence-electron chi connectivity index (χ0n) is 36.3. The topological polar surface area (TPSA) is 36.1 Å². The molecule has 2 saturated heterocycles. The molecule has 312 valence electrons. The Morgan fingerprint density at radius 1 is 0.291 bits per heavy atom. The van der Waals surface area contributed by atoms with E-state index >= 15 is 0 Å². The standard InChI is InChI=1S/C52H89N3/c1-52(2)45-31-41(34-11-5-3-6-12-34)25-28-43(45)44-29-26-42(32-46(44)52)37-19-17-35(18-20-37)36-21-23-40(24-22-36)50-33-49(38-13-7-4-8-14-38)54-51(55-50)48-30-27-39-15-9-10-16-47(39)53-48/h34-51,53-55H,3-33H2,1-2H3/t35?,36?,37?,39-,40?,41-,42?,43-,44+,45-,46?,47?,48?,49?,50-,51-/m1/s1. The van der Waals surface area contributed by atoms with Gasteiger partial charge in [-0.25, -0.2) is 0 Å². The van der Waals surface area contributed by atoms with E-state index in [-0.39, 0.29) is 0 Å². The van der Waals surface area contributed by atoms with Crippen LogP contribution in [0.1, 0.15) is 213 Å². The molecule has 12 atom stereocenters. The first-order chi connectivity index (χ1) is 27.0. The normalized spacial score (nSPS) is 50.1. The summed E-state index contributed by atoms with van der Waals surface area (Å²) >= 11 is 0. The van der Waals surface area contributed by atoms with Crippen LogP contribution in [0.2, 0.25) is 0 Å². The van der Waals surface area contributed by atoms with E-state index in [4.69, 9.17) is 0 Å². The van der Waals surface area contributed by atoms with E-state index in [1.54, 1.807) is 89.9 Å². The van der Waals surface area contributed by atoms with Crippen LogP contribution in [0.15, 0.2) is 0 Å². The first-order valence-corrected chi connectivity index (χ1v) is 26.3. The van der Waals surface area contributed by atoms with Gasteiger partial charge in [-0.2, -0.15) is 0 Å². The highest BCUT2D eigenvalue weighted by Gasteiger charge is 2.58. The molecule has 2 heterocycles. The fourth-order valence-electron chi connectivity index (χ4n) is 18.2. The lowest BCUT2D eigenvalue weighted by Crippen LogP contribution is -2.70. The summed E-state index contributed by atoms with van der Waals surface area (Å²) in [6.45, 7) is 5.56. The van der Waals surface area contributed by atoms with Crippen molar-refractivity contribution in [1.29, 1.82) is 0 Å². The van der Waals surface area contributed by atoms with Crippen LogP contribution in [0.4, 0.5) is 0 Å². The van der Waals surface area contributed by atoms with Crippen LogP contribution < -0.4 is 16.0 Å². The van der Waals surface area contributed by atoms with Crippen molar-refractivity contribution >= 4 is 0 Å². The van der Waals surface area contributed by atoms with Crippen molar-refractivity contribution in [2.24, 2.45) is 82.3 Å². The number of rotatable bonds is 6. The molecule has 55 heavy (non-hydrogen) atoms. The first-order valence-electron chi connectivity index (χ1n) is 26.3. The minimum Gasteiger partial charge on any atom is -0.308 e. The highest BCUT2D eigenvalue weighted by atomic mass is 15.2. The van der Waals surface area contributed by atoms with Crippen LogP contribution in [-0.4, -0.2) is 30.3 Å². The van der Waals surface area contributed by atoms with Crippen LogP contribution in [0.5, 0.6) is 0 Å². The molecule has 0 aromatic rings. The second kappa shape index (κ2) is 17.1. The molecule has 3 N–H and O–H groups in total. The summed E-state index contributed by atoms with van der Waals surface area (Å²) in [4.78, 5) is 0. The number of nitrogens with one attached hydrogen (secondary N) is 3. The van der Waals surface area contributed by atoms with Crippen LogP contribution in [0.25, 0.3) is 0 Å². The molecule has 10 fully saturated rings. The van der Waals surface area contributed by atoms with E-state index in [1.807, 2.05) is 0 Å². The van der Waals surface area contributed by atoms with Crippen molar-refractivity contribution in [3.63, 3.8) is 0 Å². The van der Waals surface area contributed by atoms with Gasteiger partial charge in [-0.1, -0.05) is 78.1 Å². The Labute approximate surface area is 340 Å². The Hall–Kier alpha value is -0.120. The van der Waals surface area contributed by atoms with Crippen molar-refractivity contribution in [2.45, 2.75) is 243 Å². The van der Waals surface area contributed by atoms with Gasteiger partial charge < -0.3 is 5.32 Å². The van der Waals surface area contributed by atoms with E-state index in [2.05, 4.69) is 29.8 Å². The van der Waals surface area contributed by atoms with Gasteiger partial charge in [0.2, 0.25) is 0 Å². The lowest BCUT2D eigenvalue weighted by molar-refractivity contribution is 0.0457. The fraction of sp³-hybridized carbons (Fsp3) is 1.00. The van der Waals surface area contributed by atoms with Crippen molar-refractivity contribution < 1.29 is 0 Å². The second-order valence-electron chi connectivity index (χ2n) is 23.9. The fourth-order valence-corrected chi connectivity index (χ4v) is 18.2. The van der Waals surface area contributed by atoms with E-state index in [0.29, 0.717) is 17.6 Å². The summed E-state index contributed by atoms with van der Waals surface area (Å²) in [5.74, 6) is 13.4. The Bertz CT molecular complexity index is 1220. The van der Waals surface area contributed by atoms with Gasteiger partial charge in [-0.05, 0) is 217 Å². The molecule has 10 rings (SSSR count). The summed E-state index contributed by atoms with van der Waals surface area (Å²) in [5.41, 5.74) is 0.599. The van der Waals surface area contributed by atoms with Gasteiger partial charge in [-0.3, -0.25) is 10.6 Å². The van der Waals surface area contributed by atoms with E-state index < -0.39 is 0 Å². The predicted molar refractivity (Wildman–Crippen MR) is 231 cm³/mol. The van der Waals surface area contributed by atoms with Crippen molar-refractivity contribution in [3.8, 4) is 0 Å². The lowest BCUT2D eigenvalue weighted by Gasteiger charge is -2.51. The molecule has 0 amide bonds. The van der Waals surface area contributed by atoms with E-state index in [9.17, 15) is 0 Å². The third kappa shape index (κ3) is 8.09. The van der Waals surface area contributed by atoms with Crippen molar-refractivity contribution in [1.82, 2.24) is 16.0 Å². The smallest absolute Gasteiger partial charge is 0.0734 e. The van der Waals surface area contributed by atoms with Gasteiger partial charge in [0.25, 0.3) is 0 Å². The average molecular weight is 756 g/mol. The minimum atomic E-state index is 0.494. The van der Waals surface area contributed by atoms with Crippen LogP contribution in [0, 0.1) is 82.3 Å². The Balaban J connectivity index is 0.712. The van der Waals surface area contributed by atoms with Gasteiger partial charge in [0.05, 0.1) is 6.17 Å². The molecule has 0 aromatic heterocycles. The summed E-state index contributed by atoms with van der Waals surface area (Å²) < 4.78 is 0. The van der Waals surface area contributed by atoms with Gasteiger partial charge >= 0.3 is 0 Å². The third-order valence-electron chi connectivity index (χ3n) is 21.3. The van der Waals surface area contributed by atoms with Crippen LogP contribution in [-0.2, 0) is 0 Å². The van der Waals surface area contributed by atoms with Crippen molar-refractivity contribution in [3.05, 3.63) is 0 Å². The molecule has 3 nitrogen and oxygen atoms in total. The van der Waals surface area contributed by atoms with E-state index in [1.165, 1.54) is 109 Å². The maximum atomic E-state index is 4.38. The number of fused-ring (bicyclic) bond motifs is 4. The molecule has 0 spiro atoms. The number of hydrogen-bond acceptors (Lipinski definition) is 3. The predicted octanol–water partition coefficient (Wildman–Crippen LogP) is 12.8. The largest absolute Gasteiger partial charge is 0.308 e. The second-order valence-corrected chi connectivity index (χ2v) is 23.9. The molecular weight excluding hydrogens is 667 g/mol. The quantitative estimate of drug-likeness (QED) is 0.253. The minimum absolute atomic E-state index is 0.494. The Morgan fingerprint density at radius 3 is 1.24 bits per heavy atom. The molecule has 3 heteroatoms. The van der Waals surface area contributed by atoms with Gasteiger partial charge in [-0.15, -0.1) is 0 Å². The van der Waals surface area contributed by atoms with Gasteiger partial charge in [0.15, 0.2) is 0 Å². The van der Waals surface area contributed by atoms with Gasteiger partial charge in [0, 0.05) is 24.2 Å². The van der Waals surface area contributed by atoms with E-state index in [0.717, 1.165) is 95.1 Å². The van der Waals surface area contributed by atoms with Crippen LogP contribution in [0.3, 0.4) is 0 Å². The summed E-state index contributed by atoms with van der Waals surface area (Å²) in [5, 5.41) is 13.0. The molecule has 8 saturated carbocycles. The Morgan fingerprint density at radius 2 is 0.673 bits per heavy atom. The maximum absolute atomic E-state index is 4.38. The first kappa shape index (κ1) is 39.0.